The molecule has 0 unspecified atom stereocenters. The average molecular weight is 331 g/mol. The second-order valence-corrected chi connectivity index (χ2v) is 5.80. The minimum atomic E-state index is -0.484. The summed E-state index contributed by atoms with van der Waals surface area (Å²) >= 11 is 0. The third kappa shape index (κ3) is 3.25. The molecule has 2 rings (SSSR count). The fourth-order valence-electron chi connectivity index (χ4n) is 2.82. The Labute approximate surface area is 140 Å². The lowest BCUT2D eigenvalue weighted by atomic mass is 9.97. The van der Waals surface area contributed by atoms with Crippen LogP contribution in [0.5, 0.6) is 5.75 Å². The van der Waals surface area contributed by atoms with Crippen LogP contribution in [0.3, 0.4) is 0 Å². The van der Waals surface area contributed by atoms with Crippen LogP contribution in [0.2, 0.25) is 0 Å². The summed E-state index contributed by atoms with van der Waals surface area (Å²) in [4.78, 5) is 23.1. The predicted molar refractivity (Wildman–Crippen MR) is 92.2 cm³/mol. The van der Waals surface area contributed by atoms with E-state index >= 15 is 0 Å². The van der Waals surface area contributed by atoms with E-state index in [1.807, 2.05) is 13.8 Å². The van der Waals surface area contributed by atoms with E-state index in [1.54, 1.807) is 23.8 Å². The molecule has 0 fully saturated rings. The molecular weight excluding hydrogens is 309 g/mol. The van der Waals surface area contributed by atoms with Crippen LogP contribution in [-0.4, -0.2) is 18.0 Å². The van der Waals surface area contributed by atoms with Crippen molar-refractivity contribution in [1.82, 2.24) is 4.57 Å². The first kappa shape index (κ1) is 17.9. The summed E-state index contributed by atoms with van der Waals surface area (Å²) in [6.07, 6.45) is 3.21. The van der Waals surface area contributed by atoms with Crippen molar-refractivity contribution in [3.05, 3.63) is 51.2 Å². The van der Waals surface area contributed by atoms with Crippen molar-refractivity contribution in [2.45, 2.75) is 40.2 Å². The number of aromatic nitrogens is 1. The normalized spacial score (nSPS) is 10.7. The van der Waals surface area contributed by atoms with Crippen molar-refractivity contribution in [3.63, 3.8) is 0 Å². The van der Waals surface area contributed by atoms with E-state index < -0.39 is 5.82 Å². The molecule has 0 radical (unpaired) electrons. The molecule has 128 valence electrons. The number of carbonyl (C=O) groups is 1. The van der Waals surface area contributed by atoms with Gasteiger partial charge in [-0.1, -0.05) is 6.92 Å². The Bertz CT molecular complexity index is 824. The summed E-state index contributed by atoms with van der Waals surface area (Å²) in [7, 11) is 1.45. The van der Waals surface area contributed by atoms with Gasteiger partial charge in [0.25, 0.3) is 5.56 Å². The van der Waals surface area contributed by atoms with Crippen LogP contribution in [0.4, 0.5) is 4.39 Å². The molecule has 0 saturated heterocycles. The fourth-order valence-corrected chi connectivity index (χ4v) is 2.82. The Hall–Kier alpha value is -2.43. The maximum atomic E-state index is 14.4. The minimum absolute atomic E-state index is 0.0249. The number of ether oxygens (including phenoxy) is 1. The maximum Gasteiger partial charge on any atom is 0.253 e. The highest BCUT2D eigenvalue weighted by atomic mass is 19.1. The number of carbonyl (C=O) groups excluding carboxylic acids is 1. The first-order chi connectivity index (χ1) is 11.4. The van der Waals surface area contributed by atoms with Crippen LogP contribution in [-0.2, 0) is 17.8 Å². The van der Waals surface area contributed by atoms with Crippen molar-refractivity contribution < 1.29 is 13.9 Å². The Morgan fingerprint density at radius 1 is 1.25 bits per heavy atom. The average Bonchev–Trinajstić information content (AvgIpc) is 2.57. The molecular formula is C19H22FNO3. The molecule has 0 aliphatic heterocycles. The van der Waals surface area contributed by atoms with Gasteiger partial charge in [-0.15, -0.1) is 0 Å². The van der Waals surface area contributed by atoms with Gasteiger partial charge < -0.3 is 14.1 Å². The number of rotatable bonds is 6. The third-order valence-electron chi connectivity index (χ3n) is 4.27. The highest BCUT2D eigenvalue weighted by molar-refractivity contribution is 5.71. The van der Waals surface area contributed by atoms with E-state index in [0.717, 1.165) is 17.5 Å². The Balaban J connectivity index is 2.70. The number of pyridine rings is 1. The molecule has 0 amide bonds. The van der Waals surface area contributed by atoms with Crippen LogP contribution in [0, 0.1) is 19.7 Å². The lowest BCUT2D eigenvalue weighted by Gasteiger charge is -2.16. The Morgan fingerprint density at radius 2 is 1.96 bits per heavy atom. The molecule has 0 spiro atoms. The summed E-state index contributed by atoms with van der Waals surface area (Å²) < 4.78 is 21.3. The molecule has 0 bridgehead atoms. The van der Waals surface area contributed by atoms with Crippen molar-refractivity contribution >= 4 is 6.29 Å². The van der Waals surface area contributed by atoms with Crippen LogP contribution in [0.25, 0.3) is 11.1 Å². The number of aryl methyl sites for hydroxylation is 1. The van der Waals surface area contributed by atoms with Crippen LogP contribution >= 0.6 is 0 Å². The molecule has 0 aliphatic rings. The molecule has 2 aromatic rings. The largest absolute Gasteiger partial charge is 0.496 e. The van der Waals surface area contributed by atoms with Crippen LogP contribution < -0.4 is 10.3 Å². The molecule has 24 heavy (non-hydrogen) atoms. The number of hydrogen-bond donors (Lipinski definition) is 0. The monoisotopic (exact) mass is 331 g/mol. The van der Waals surface area contributed by atoms with Gasteiger partial charge in [0, 0.05) is 35.9 Å². The van der Waals surface area contributed by atoms with Gasteiger partial charge in [-0.3, -0.25) is 4.79 Å². The topological polar surface area (TPSA) is 48.3 Å². The number of aldehydes is 1. The lowest BCUT2D eigenvalue weighted by Crippen LogP contribution is -2.23. The lowest BCUT2D eigenvalue weighted by molar-refractivity contribution is -0.107. The van der Waals surface area contributed by atoms with Gasteiger partial charge in [0.15, 0.2) is 0 Å². The van der Waals surface area contributed by atoms with Crippen molar-refractivity contribution in [2.75, 3.05) is 7.11 Å². The predicted octanol–water partition coefficient (Wildman–Crippen LogP) is 3.43. The molecule has 0 aliphatic carbocycles. The third-order valence-corrected chi connectivity index (χ3v) is 4.27. The first-order valence-electron chi connectivity index (χ1n) is 7.95. The van der Waals surface area contributed by atoms with E-state index in [1.165, 1.54) is 13.2 Å². The zero-order chi connectivity index (χ0) is 17.9. The molecule has 1 aromatic heterocycles. The maximum absolute atomic E-state index is 14.4. The molecule has 5 heteroatoms. The molecule has 0 atom stereocenters. The number of nitrogens with zero attached hydrogens (tertiary/aromatic N) is 1. The van der Waals surface area contributed by atoms with Crippen LogP contribution in [0.1, 0.15) is 30.0 Å². The molecule has 0 saturated carbocycles. The second-order valence-electron chi connectivity index (χ2n) is 5.80. The number of methoxy groups -OCH3 is 1. The van der Waals surface area contributed by atoms with Gasteiger partial charge in [0.2, 0.25) is 0 Å². The molecule has 1 aromatic carbocycles. The quantitative estimate of drug-likeness (QED) is 0.762. The van der Waals surface area contributed by atoms with Gasteiger partial charge in [0.05, 0.1) is 7.11 Å². The SMILES string of the molecule is CCCn1cc(-c2cc(F)c(CC=O)c(OC)c2)c(C)c(C)c1=O. The molecule has 4 nitrogen and oxygen atoms in total. The standard InChI is InChI=1S/C19H22FNO3/c1-5-7-21-11-16(12(2)13(3)19(21)23)14-9-17(20)15(6-8-22)18(10-14)24-4/h8-11H,5-7H2,1-4H3. The Morgan fingerprint density at radius 3 is 2.54 bits per heavy atom. The molecule has 0 N–H and O–H groups in total. The summed E-state index contributed by atoms with van der Waals surface area (Å²) in [6, 6.07) is 3.11. The van der Waals surface area contributed by atoms with Gasteiger partial charge in [-0.05, 0) is 43.5 Å². The number of benzene rings is 1. The summed E-state index contributed by atoms with van der Waals surface area (Å²) in [5, 5.41) is 0. The zero-order valence-electron chi connectivity index (χ0n) is 14.5. The van der Waals surface area contributed by atoms with E-state index in [-0.39, 0.29) is 17.5 Å². The van der Waals surface area contributed by atoms with E-state index in [0.29, 0.717) is 29.7 Å². The summed E-state index contributed by atoms with van der Waals surface area (Å²) in [5.41, 5.74) is 3.10. The smallest absolute Gasteiger partial charge is 0.253 e. The number of halogens is 1. The van der Waals surface area contributed by atoms with Crippen molar-refractivity contribution in [2.24, 2.45) is 0 Å². The van der Waals surface area contributed by atoms with Crippen molar-refractivity contribution in [3.8, 4) is 16.9 Å². The Kier molecular flexibility index (Phi) is 5.54. The molecule has 1 heterocycles. The van der Waals surface area contributed by atoms with Gasteiger partial charge in [0.1, 0.15) is 17.9 Å². The highest BCUT2D eigenvalue weighted by Crippen LogP contribution is 2.32. The van der Waals surface area contributed by atoms with E-state index in [9.17, 15) is 14.0 Å². The van der Waals surface area contributed by atoms with E-state index in [2.05, 4.69) is 0 Å². The first-order valence-corrected chi connectivity index (χ1v) is 7.95. The highest BCUT2D eigenvalue weighted by Gasteiger charge is 2.16. The van der Waals surface area contributed by atoms with E-state index in [4.69, 9.17) is 4.74 Å². The van der Waals surface area contributed by atoms with Gasteiger partial charge in [-0.25, -0.2) is 4.39 Å². The zero-order valence-corrected chi connectivity index (χ0v) is 14.5. The fraction of sp³-hybridized carbons (Fsp3) is 0.368. The van der Waals surface area contributed by atoms with Crippen LogP contribution in [0.15, 0.2) is 23.1 Å². The van der Waals surface area contributed by atoms with Gasteiger partial charge in [-0.2, -0.15) is 0 Å². The second kappa shape index (κ2) is 7.43. The van der Waals surface area contributed by atoms with Crippen molar-refractivity contribution in [1.29, 1.82) is 0 Å². The summed E-state index contributed by atoms with van der Waals surface area (Å²) in [6.45, 7) is 6.24. The van der Waals surface area contributed by atoms with Gasteiger partial charge >= 0.3 is 0 Å². The minimum Gasteiger partial charge on any atom is -0.496 e. The summed E-state index contributed by atoms with van der Waals surface area (Å²) in [5.74, 6) is -0.149. The number of hydrogen-bond acceptors (Lipinski definition) is 3.